The van der Waals surface area contributed by atoms with Crippen molar-refractivity contribution < 1.29 is 25.2 Å². The molecule has 0 aromatic rings. The molecule has 4 N–H and O–H groups in total. The molecular weight excluding hydrogens is 200 g/mol. The van der Waals surface area contributed by atoms with Crippen LogP contribution in [0.5, 0.6) is 0 Å². The van der Waals surface area contributed by atoms with Crippen LogP contribution in [0.3, 0.4) is 0 Å². The molecule has 0 saturated heterocycles. The molecule has 5 nitrogen and oxygen atoms in total. The smallest absolute Gasteiger partial charge is 0.110 e. The second-order valence-electron chi connectivity index (χ2n) is 4.71. The van der Waals surface area contributed by atoms with E-state index in [9.17, 15) is 15.3 Å². The van der Waals surface area contributed by atoms with Gasteiger partial charge < -0.3 is 25.2 Å². The number of ether oxygens (including phenoxy) is 1. The molecule has 0 aliphatic rings. The lowest BCUT2D eigenvalue weighted by Gasteiger charge is -2.27. The number of aliphatic hydroxyl groups is 4. The Morgan fingerprint density at radius 2 is 1.47 bits per heavy atom. The van der Waals surface area contributed by atoms with Gasteiger partial charge in [-0.2, -0.15) is 0 Å². The Balaban J connectivity index is 4.04. The average Bonchev–Trinajstić information content (AvgIpc) is 2.10. The van der Waals surface area contributed by atoms with Crippen LogP contribution < -0.4 is 0 Å². The van der Waals surface area contributed by atoms with Gasteiger partial charge in [-0.1, -0.05) is 0 Å². The van der Waals surface area contributed by atoms with Crippen LogP contribution in [0.4, 0.5) is 0 Å². The summed E-state index contributed by atoms with van der Waals surface area (Å²) in [6.45, 7) is 6.70. The summed E-state index contributed by atoms with van der Waals surface area (Å²) in [6.07, 6.45) is -5.09. The van der Waals surface area contributed by atoms with Crippen LogP contribution in [-0.4, -0.2) is 57.0 Å². The molecule has 0 saturated carbocycles. The molecule has 15 heavy (non-hydrogen) atoms. The van der Waals surface area contributed by atoms with E-state index in [1.54, 1.807) is 0 Å². The molecule has 0 aliphatic heterocycles. The van der Waals surface area contributed by atoms with E-state index in [0.29, 0.717) is 0 Å². The van der Waals surface area contributed by atoms with Crippen molar-refractivity contribution in [3.05, 3.63) is 0 Å². The quantitative estimate of drug-likeness (QED) is 0.492. The van der Waals surface area contributed by atoms with Crippen molar-refractivity contribution >= 4 is 0 Å². The topological polar surface area (TPSA) is 90.2 Å². The first kappa shape index (κ1) is 14.8. The van der Waals surface area contributed by atoms with Gasteiger partial charge in [0.2, 0.25) is 0 Å². The summed E-state index contributed by atoms with van der Waals surface area (Å²) in [5, 5.41) is 37.2. The Hall–Kier alpha value is -0.200. The van der Waals surface area contributed by atoms with Crippen LogP contribution in [0, 0.1) is 0 Å². The van der Waals surface area contributed by atoms with E-state index >= 15 is 0 Å². The summed E-state index contributed by atoms with van der Waals surface area (Å²) >= 11 is 0. The van der Waals surface area contributed by atoms with Crippen LogP contribution >= 0.6 is 0 Å². The van der Waals surface area contributed by atoms with E-state index in [0.717, 1.165) is 0 Å². The lowest BCUT2D eigenvalue weighted by atomic mass is 10.0. The van der Waals surface area contributed by atoms with Crippen LogP contribution in [0.2, 0.25) is 0 Å². The number of hydrogen-bond acceptors (Lipinski definition) is 5. The maximum atomic E-state index is 9.45. The fourth-order valence-corrected chi connectivity index (χ4v) is 0.947. The Bertz CT molecular complexity index is 175. The zero-order valence-corrected chi connectivity index (χ0v) is 9.71. The van der Waals surface area contributed by atoms with Crippen molar-refractivity contribution in [2.75, 3.05) is 6.61 Å². The minimum atomic E-state index is -1.41. The van der Waals surface area contributed by atoms with Crippen molar-refractivity contribution in [2.24, 2.45) is 0 Å². The van der Waals surface area contributed by atoms with Crippen molar-refractivity contribution in [1.82, 2.24) is 0 Å². The third-order valence-corrected chi connectivity index (χ3v) is 1.93. The predicted octanol–water partition coefficient (Wildman–Crippen LogP) is -0.735. The van der Waals surface area contributed by atoms with E-state index in [1.165, 1.54) is 6.92 Å². The first-order valence-corrected chi connectivity index (χ1v) is 5.01. The fraction of sp³-hybridized carbons (Fsp3) is 1.00. The van der Waals surface area contributed by atoms with Crippen LogP contribution in [0.15, 0.2) is 0 Å². The largest absolute Gasteiger partial charge is 0.391 e. The summed E-state index contributed by atoms with van der Waals surface area (Å²) in [5.74, 6) is 0. The molecule has 0 radical (unpaired) electrons. The van der Waals surface area contributed by atoms with Gasteiger partial charge in [0.15, 0.2) is 0 Å². The summed E-state index contributed by atoms with van der Waals surface area (Å²) in [7, 11) is 0. The van der Waals surface area contributed by atoms with Gasteiger partial charge in [0, 0.05) is 0 Å². The minimum Gasteiger partial charge on any atom is -0.391 e. The molecule has 5 heteroatoms. The Morgan fingerprint density at radius 3 is 1.80 bits per heavy atom. The molecule has 0 unspecified atom stereocenters. The zero-order valence-electron chi connectivity index (χ0n) is 9.71. The van der Waals surface area contributed by atoms with E-state index < -0.39 is 30.0 Å². The second-order valence-corrected chi connectivity index (χ2v) is 4.71. The summed E-state index contributed by atoms with van der Waals surface area (Å²) in [4.78, 5) is 0. The van der Waals surface area contributed by atoms with E-state index in [4.69, 9.17) is 9.84 Å². The predicted molar refractivity (Wildman–Crippen MR) is 55.4 cm³/mol. The molecule has 0 aromatic heterocycles. The highest BCUT2D eigenvalue weighted by Crippen LogP contribution is 2.10. The van der Waals surface area contributed by atoms with Gasteiger partial charge in [-0.15, -0.1) is 0 Å². The van der Waals surface area contributed by atoms with Crippen LogP contribution in [0.1, 0.15) is 27.7 Å². The highest BCUT2D eigenvalue weighted by Gasteiger charge is 2.29. The molecule has 0 aromatic carbocycles. The van der Waals surface area contributed by atoms with Crippen molar-refractivity contribution in [3.63, 3.8) is 0 Å². The Kier molecular flexibility index (Phi) is 5.69. The maximum Gasteiger partial charge on any atom is 0.110 e. The molecule has 0 rings (SSSR count). The first-order chi connectivity index (χ1) is 6.65. The zero-order chi connectivity index (χ0) is 12.2. The number of aliphatic hydroxyl groups excluding tert-OH is 4. The van der Waals surface area contributed by atoms with E-state index in [-0.39, 0.29) is 6.61 Å². The maximum absolute atomic E-state index is 9.45. The monoisotopic (exact) mass is 222 g/mol. The lowest BCUT2D eigenvalue weighted by molar-refractivity contribution is -0.134. The Labute approximate surface area is 90.3 Å². The molecule has 4 atom stereocenters. The van der Waals surface area contributed by atoms with Gasteiger partial charge in [-0.3, -0.25) is 0 Å². The molecule has 0 heterocycles. The van der Waals surface area contributed by atoms with Crippen LogP contribution in [-0.2, 0) is 4.74 Å². The Morgan fingerprint density at radius 1 is 1.00 bits per heavy atom. The third-order valence-electron chi connectivity index (χ3n) is 1.93. The molecule has 0 spiro atoms. The summed E-state index contributed by atoms with van der Waals surface area (Å²) in [5.41, 5.74) is -0.420. The molecule has 0 amide bonds. The van der Waals surface area contributed by atoms with E-state index in [2.05, 4.69) is 0 Å². The van der Waals surface area contributed by atoms with Crippen molar-refractivity contribution in [3.8, 4) is 0 Å². The lowest BCUT2D eigenvalue weighted by Crippen LogP contribution is -2.46. The van der Waals surface area contributed by atoms with Gasteiger partial charge >= 0.3 is 0 Å². The van der Waals surface area contributed by atoms with Gasteiger partial charge in [-0.25, -0.2) is 0 Å². The van der Waals surface area contributed by atoms with Crippen molar-refractivity contribution in [2.45, 2.75) is 57.7 Å². The average molecular weight is 222 g/mol. The number of hydrogen-bond donors (Lipinski definition) is 4. The van der Waals surface area contributed by atoms with Gasteiger partial charge in [0.05, 0.1) is 18.3 Å². The molecule has 0 aliphatic carbocycles. The second kappa shape index (κ2) is 5.77. The first-order valence-electron chi connectivity index (χ1n) is 5.01. The summed E-state index contributed by atoms with van der Waals surface area (Å²) in [6, 6.07) is 0. The standard InChI is InChI=1S/C10H22O5/c1-6(11)8(13)9(14)7(12)5-15-10(2,3)4/h6-9,11-14H,5H2,1-4H3/t6-,7+,8+,9-/m0/s1. The van der Waals surface area contributed by atoms with Gasteiger partial charge in [0.1, 0.15) is 18.3 Å². The molecule has 92 valence electrons. The van der Waals surface area contributed by atoms with Gasteiger partial charge in [-0.05, 0) is 27.7 Å². The van der Waals surface area contributed by atoms with Crippen LogP contribution in [0.25, 0.3) is 0 Å². The van der Waals surface area contributed by atoms with Crippen molar-refractivity contribution in [1.29, 1.82) is 0 Å². The minimum absolute atomic E-state index is 0.0888. The molecule has 0 fully saturated rings. The van der Waals surface area contributed by atoms with E-state index in [1.807, 2.05) is 20.8 Å². The fourth-order valence-electron chi connectivity index (χ4n) is 0.947. The summed E-state index contributed by atoms with van der Waals surface area (Å²) < 4.78 is 5.24. The highest BCUT2D eigenvalue weighted by atomic mass is 16.5. The van der Waals surface area contributed by atoms with Gasteiger partial charge in [0.25, 0.3) is 0 Å². The number of rotatable bonds is 5. The highest BCUT2D eigenvalue weighted by molar-refractivity contribution is 4.79. The molecular formula is C10H22O5. The third kappa shape index (κ3) is 6.06. The SMILES string of the molecule is C[C@H](O)[C@@H](O)[C@@H](O)[C@H](O)COC(C)(C)C. The molecule has 0 bridgehead atoms. The normalized spacial score (nSPS) is 20.8.